The molecule has 0 aliphatic rings. The summed E-state index contributed by atoms with van der Waals surface area (Å²) in [6.45, 7) is 0.219. The Morgan fingerprint density at radius 1 is 1.33 bits per heavy atom. The number of methoxy groups -OCH3 is 1. The molecule has 0 aliphatic heterocycles. The van der Waals surface area contributed by atoms with Gasteiger partial charge in [-0.05, 0) is 18.2 Å². The molecule has 9 heteroatoms. The average molecular weight is 336 g/mol. The third kappa shape index (κ3) is 5.16. The second-order valence-corrected chi connectivity index (χ2v) is 6.69. The molecule has 1 amide bonds. The van der Waals surface area contributed by atoms with Crippen LogP contribution >= 0.6 is 11.6 Å². The van der Waals surface area contributed by atoms with Gasteiger partial charge in [0.25, 0.3) is 16.1 Å². The molecule has 118 valence electrons. The Labute approximate surface area is 129 Å². The van der Waals surface area contributed by atoms with Crippen LogP contribution in [0.1, 0.15) is 10.4 Å². The molecule has 0 spiro atoms. The molecule has 0 fully saturated rings. The van der Waals surface area contributed by atoms with Crippen LogP contribution in [0.25, 0.3) is 0 Å². The van der Waals surface area contributed by atoms with Crippen LogP contribution < -0.4 is 14.8 Å². The van der Waals surface area contributed by atoms with E-state index in [1.54, 1.807) is 12.1 Å². The summed E-state index contributed by atoms with van der Waals surface area (Å²) in [5, 5.41) is 3.00. The normalized spacial score (nSPS) is 11.5. The van der Waals surface area contributed by atoms with Gasteiger partial charge in [-0.25, -0.2) is 4.72 Å². The van der Waals surface area contributed by atoms with Gasteiger partial charge >= 0.3 is 0 Å². The van der Waals surface area contributed by atoms with Gasteiger partial charge in [-0.3, -0.25) is 4.79 Å². The van der Waals surface area contributed by atoms with Crippen molar-refractivity contribution >= 4 is 27.7 Å². The third-order valence-corrected chi connectivity index (χ3v) is 4.35. The molecule has 0 heterocycles. The minimum absolute atomic E-state index is 0.0785. The van der Waals surface area contributed by atoms with E-state index < -0.39 is 16.1 Å². The topological polar surface area (TPSA) is 87.7 Å². The molecule has 0 saturated heterocycles. The molecule has 21 heavy (non-hydrogen) atoms. The SMILES string of the molecule is COc1ccc(Cl)cc1C(=O)NCCNS(=O)(=O)N(C)C. The van der Waals surface area contributed by atoms with Crippen molar-refractivity contribution < 1.29 is 17.9 Å². The first kappa shape index (κ1) is 17.7. The van der Waals surface area contributed by atoms with Crippen molar-refractivity contribution in [3.8, 4) is 5.75 Å². The summed E-state index contributed by atoms with van der Waals surface area (Å²) >= 11 is 5.84. The van der Waals surface area contributed by atoms with E-state index in [9.17, 15) is 13.2 Å². The lowest BCUT2D eigenvalue weighted by Crippen LogP contribution is -2.40. The fourth-order valence-corrected chi connectivity index (χ4v) is 2.23. The zero-order valence-electron chi connectivity index (χ0n) is 12.0. The molecule has 1 aromatic rings. The highest BCUT2D eigenvalue weighted by molar-refractivity contribution is 7.87. The first-order valence-corrected chi connectivity index (χ1v) is 7.88. The zero-order valence-corrected chi connectivity index (χ0v) is 13.6. The lowest BCUT2D eigenvalue weighted by Gasteiger charge is -2.13. The quantitative estimate of drug-likeness (QED) is 0.709. The smallest absolute Gasteiger partial charge is 0.278 e. The molecule has 0 atom stereocenters. The van der Waals surface area contributed by atoms with E-state index in [2.05, 4.69) is 10.0 Å². The van der Waals surface area contributed by atoms with Gasteiger partial charge in [-0.1, -0.05) is 11.6 Å². The molecule has 0 bridgehead atoms. The number of rotatable bonds is 7. The first-order valence-electron chi connectivity index (χ1n) is 6.07. The summed E-state index contributed by atoms with van der Waals surface area (Å²) in [5.74, 6) is 0.00386. The highest BCUT2D eigenvalue weighted by Crippen LogP contribution is 2.22. The van der Waals surface area contributed by atoms with E-state index in [0.29, 0.717) is 16.3 Å². The summed E-state index contributed by atoms with van der Waals surface area (Å²) < 4.78 is 31.4. The number of benzene rings is 1. The Hall–Kier alpha value is -1.35. The lowest BCUT2D eigenvalue weighted by atomic mass is 10.2. The molecule has 0 saturated carbocycles. The van der Waals surface area contributed by atoms with Gasteiger partial charge in [-0.2, -0.15) is 12.7 Å². The Morgan fingerprint density at radius 3 is 2.57 bits per heavy atom. The van der Waals surface area contributed by atoms with E-state index in [0.717, 1.165) is 4.31 Å². The molecular weight excluding hydrogens is 318 g/mol. The van der Waals surface area contributed by atoms with Gasteiger partial charge in [-0.15, -0.1) is 0 Å². The first-order chi connectivity index (χ1) is 9.77. The minimum Gasteiger partial charge on any atom is -0.496 e. The van der Waals surface area contributed by atoms with Crippen molar-refractivity contribution in [2.75, 3.05) is 34.3 Å². The maximum atomic E-state index is 12.0. The molecular formula is C12H18ClN3O4S. The van der Waals surface area contributed by atoms with Crippen LogP contribution in [0.5, 0.6) is 5.75 Å². The van der Waals surface area contributed by atoms with Crippen molar-refractivity contribution in [2.24, 2.45) is 0 Å². The minimum atomic E-state index is -3.49. The number of amides is 1. The molecule has 1 rings (SSSR count). The number of hydrogen-bond acceptors (Lipinski definition) is 4. The third-order valence-electron chi connectivity index (χ3n) is 2.58. The maximum absolute atomic E-state index is 12.0. The van der Waals surface area contributed by atoms with Crippen molar-refractivity contribution in [2.45, 2.75) is 0 Å². The molecule has 0 unspecified atom stereocenters. The van der Waals surface area contributed by atoms with Gasteiger partial charge in [0.1, 0.15) is 5.75 Å². The van der Waals surface area contributed by atoms with Gasteiger partial charge < -0.3 is 10.1 Å². The van der Waals surface area contributed by atoms with Crippen molar-refractivity contribution in [1.82, 2.24) is 14.3 Å². The van der Waals surface area contributed by atoms with E-state index in [-0.39, 0.29) is 13.1 Å². The fourth-order valence-electron chi connectivity index (χ4n) is 1.44. The fraction of sp³-hybridized carbons (Fsp3) is 0.417. The Balaban J connectivity index is 2.57. The summed E-state index contributed by atoms with van der Waals surface area (Å²) in [6.07, 6.45) is 0. The molecule has 0 aliphatic carbocycles. The molecule has 0 aromatic heterocycles. The largest absolute Gasteiger partial charge is 0.496 e. The van der Waals surface area contributed by atoms with E-state index in [4.69, 9.17) is 16.3 Å². The summed E-state index contributed by atoms with van der Waals surface area (Å²) in [4.78, 5) is 12.0. The van der Waals surface area contributed by atoms with Crippen LogP contribution in [0.4, 0.5) is 0 Å². The van der Waals surface area contributed by atoms with Crippen LogP contribution in [-0.2, 0) is 10.2 Å². The number of hydrogen-bond donors (Lipinski definition) is 2. The Bertz CT molecular complexity index is 605. The molecule has 0 radical (unpaired) electrons. The molecule has 7 nitrogen and oxygen atoms in total. The number of carbonyl (C=O) groups is 1. The number of nitrogens with one attached hydrogen (secondary N) is 2. The highest BCUT2D eigenvalue weighted by atomic mass is 35.5. The Kier molecular flexibility index (Phi) is 6.41. The lowest BCUT2D eigenvalue weighted by molar-refractivity contribution is 0.0951. The predicted molar refractivity (Wildman–Crippen MR) is 80.9 cm³/mol. The second-order valence-electron chi connectivity index (χ2n) is 4.28. The number of halogens is 1. The monoisotopic (exact) mass is 335 g/mol. The van der Waals surface area contributed by atoms with Crippen molar-refractivity contribution in [3.05, 3.63) is 28.8 Å². The van der Waals surface area contributed by atoms with Crippen LogP contribution in [0.3, 0.4) is 0 Å². The van der Waals surface area contributed by atoms with Crippen molar-refractivity contribution in [1.29, 1.82) is 0 Å². The highest BCUT2D eigenvalue weighted by Gasteiger charge is 2.14. The van der Waals surface area contributed by atoms with Gasteiger partial charge in [0.05, 0.1) is 12.7 Å². The second kappa shape index (κ2) is 7.60. The standard InChI is InChI=1S/C12H18ClN3O4S/c1-16(2)21(18,19)15-7-6-14-12(17)10-8-9(13)4-5-11(10)20-3/h4-5,8,15H,6-7H2,1-3H3,(H,14,17). The van der Waals surface area contributed by atoms with Crippen LogP contribution in [0, 0.1) is 0 Å². The van der Waals surface area contributed by atoms with E-state index >= 15 is 0 Å². The summed E-state index contributed by atoms with van der Waals surface area (Å²) in [7, 11) is 0.784. The summed E-state index contributed by atoms with van der Waals surface area (Å²) in [6, 6.07) is 4.69. The van der Waals surface area contributed by atoms with E-state index in [1.165, 1.54) is 27.3 Å². The van der Waals surface area contributed by atoms with Gasteiger partial charge in [0.2, 0.25) is 0 Å². The van der Waals surface area contributed by atoms with Gasteiger partial charge in [0, 0.05) is 32.2 Å². The maximum Gasteiger partial charge on any atom is 0.278 e. The number of carbonyl (C=O) groups excluding carboxylic acids is 1. The van der Waals surface area contributed by atoms with Crippen LogP contribution in [0.15, 0.2) is 18.2 Å². The van der Waals surface area contributed by atoms with Crippen LogP contribution in [-0.4, -0.2) is 52.9 Å². The van der Waals surface area contributed by atoms with Crippen LogP contribution in [0.2, 0.25) is 5.02 Å². The zero-order chi connectivity index (χ0) is 16.0. The van der Waals surface area contributed by atoms with Gasteiger partial charge in [0.15, 0.2) is 0 Å². The molecule has 2 N–H and O–H groups in total. The van der Waals surface area contributed by atoms with E-state index in [1.807, 2.05) is 0 Å². The number of ether oxygens (including phenoxy) is 1. The van der Waals surface area contributed by atoms with Crippen molar-refractivity contribution in [3.63, 3.8) is 0 Å². The molecule has 1 aromatic carbocycles. The summed E-state index contributed by atoms with van der Waals surface area (Å²) in [5.41, 5.74) is 0.292. The average Bonchev–Trinajstić information content (AvgIpc) is 2.43. The Morgan fingerprint density at radius 2 is 2.00 bits per heavy atom. The number of nitrogens with zero attached hydrogens (tertiary/aromatic N) is 1. The predicted octanol–water partition coefficient (Wildman–Crippen LogP) is 0.474.